The van der Waals surface area contributed by atoms with Gasteiger partial charge in [0.15, 0.2) is 5.16 Å². The summed E-state index contributed by atoms with van der Waals surface area (Å²) in [7, 11) is 1.70. The van der Waals surface area contributed by atoms with Crippen LogP contribution < -0.4 is 11.1 Å². The summed E-state index contributed by atoms with van der Waals surface area (Å²) in [6.07, 6.45) is 0. The minimum absolute atomic E-state index is 0.0965. The van der Waals surface area contributed by atoms with E-state index in [0.29, 0.717) is 42.9 Å². The van der Waals surface area contributed by atoms with Crippen LogP contribution in [0.15, 0.2) is 62.6 Å². The predicted molar refractivity (Wildman–Crippen MR) is 132 cm³/mol. The number of hydrogen-bond donors (Lipinski definition) is 1. The smallest absolute Gasteiger partial charge is 0.261 e. The fourth-order valence-corrected chi connectivity index (χ4v) is 5.60. The summed E-state index contributed by atoms with van der Waals surface area (Å²) in [5.41, 5.74) is 2.94. The number of fused-ring (bicyclic) bond motifs is 2. The molecule has 0 amide bonds. The molecule has 2 aromatic carbocycles. The molecule has 9 heteroatoms. The average molecular weight is 481 g/mol. The summed E-state index contributed by atoms with van der Waals surface area (Å²) in [5.74, 6) is 0.903. The van der Waals surface area contributed by atoms with Gasteiger partial charge in [-0.05, 0) is 25.1 Å². The number of aromatic amines is 1. The number of hydrogen-bond acceptors (Lipinski definition) is 6. The monoisotopic (exact) mass is 480 g/mol. The van der Waals surface area contributed by atoms with Crippen molar-refractivity contribution in [2.45, 2.75) is 17.8 Å². The highest BCUT2D eigenvalue weighted by molar-refractivity contribution is 7.98. The Balaban J connectivity index is 1.49. The van der Waals surface area contributed by atoms with Gasteiger partial charge in [-0.3, -0.25) is 14.2 Å². The van der Waals surface area contributed by atoms with Crippen LogP contribution in [0, 0.1) is 6.92 Å². The van der Waals surface area contributed by atoms with Gasteiger partial charge in [-0.25, -0.2) is 9.97 Å². The molecule has 0 saturated heterocycles. The maximum absolute atomic E-state index is 12.9. The zero-order valence-electron chi connectivity index (χ0n) is 17.2. The Morgan fingerprint density at radius 2 is 1.94 bits per heavy atom. The van der Waals surface area contributed by atoms with Crippen LogP contribution in [-0.2, 0) is 12.8 Å². The first-order valence-electron chi connectivity index (χ1n) is 9.78. The van der Waals surface area contributed by atoms with Crippen LogP contribution >= 0.6 is 34.7 Å². The topological polar surface area (TPSA) is 80.6 Å². The molecule has 0 spiro atoms. The quantitative estimate of drug-likeness (QED) is 0.284. The molecule has 0 aliphatic carbocycles. The third-order valence-corrected chi connectivity index (χ3v) is 7.43. The molecule has 1 N–H and O–H groups in total. The number of benzene rings is 2. The Kier molecular flexibility index (Phi) is 5.36. The van der Waals surface area contributed by atoms with Crippen molar-refractivity contribution < 1.29 is 0 Å². The Labute approximate surface area is 195 Å². The summed E-state index contributed by atoms with van der Waals surface area (Å²) in [5, 5.41) is 4.18. The molecule has 0 aliphatic rings. The van der Waals surface area contributed by atoms with Crippen molar-refractivity contribution in [1.82, 2.24) is 19.5 Å². The second-order valence-electron chi connectivity index (χ2n) is 7.39. The molecule has 3 heterocycles. The molecular formula is C23H17ClN4O2S2. The van der Waals surface area contributed by atoms with E-state index in [9.17, 15) is 9.59 Å². The van der Waals surface area contributed by atoms with E-state index in [1.165, 1.54) is 27.7 Å². The van der Waals surface area contributed by atoms with E-state index in [2.05, 4.69) is 15.0 Å². The van der Waals surface area contributed by atoms with Gasteiger partial charge in [0.05, 0.1) is 22.0 Å². The highest BCUT2D eigenvalue weighted by Crippen LogP contribution is 2.35. The molecule has 0 aliphatic heterocycles. The first kappa shape index (κ1) is 20.9. The highest BCUT2D eigenvalue weighted by atomic mass is 35.5. The molecule has 0 fully saturated rings. The predicted octanol–water partition coefficient (Wildman–Crippen LogP) is 5.15. The molecule has 0 unspecified atom stereocenters. The Morgan fingerprint density at radius 1 is 1.12 bits per heavy atom. The number of H-pyrrole nitrogens is 1. The SMILES string of the molecule is Cc1ccc2nc(SCc3nc4scc(-c5ccccc5Cl)c4c(=O)[nH]3)n(C)c(=O)c2c1. The Bertz CT molecular complexity index is 1620. The van der Waals surface area contributed by atoms with Crippen molar-refractivity contribution in [3.63, 3.8) is 0 Å². The lowest BCUT2D eigenvalue weighted by molar-refractivity contribution is 0.725. The van der Waals surface area contributed by atoms with E-state index >= 15 is 0 Å². The highest BCUT2D eigenvalue weighted by Gasteiger charge is 2.16. The molecule has 0 atom stereocenters. The normalized spacial score (nSPS) is 11.5. The summed E-state index contributed by atoms with van der Waals surface area (Å²) >= 11 is 9.09. The number of nitrogens with one attached hydrogen (secondary N) is 1. The Hall–Kier alpha value is -2.94. The number of aryl methyl sites for hydroxylation is 1. The lowest BCUT2D eigenvalue weighted by atomic mass is 10.1. The van der Waals surface area contributed by atoms with Crippen molar-refractivity contribution in [2.24, 2.45) is 7.05 Å². The maximum Gasteiger partial charge on any atom is 0.261 e. The zero-order valence-corrected chi connectivity index (χ0v) is 19.6. The molecule has 0 bridgehead atoms. The van der Waals surface area contributed by atoms with Crippen molar-refractivity contribution >= 4 is 55.8 Å². The van der Waals surface area contributed by atoms with E-state index in [0.717, 1.165) is 16.7 Å². The number of halogens is 1. The van der Waals surface area contributed by atoms with Gasteiger partial charge >= 0.3 is 0 Å². The van der Waals surface area contributed by atoms with Crippen molar-refractivity contribution in [3.8, 4) is 11.1 Å². The first-order chi connectivity index (χ1) is 15.4. The summed E-state index contributed by atoms with van der Waals surface area (Å²) < 4.78 is 1.53. The minimum atomic E-state index is -0.211. The third-order valence-electron chi connectivity index (χ3n) is 5.19. The van der Waals surface area contributed by atoms with Crippen molar-refractivity contribution in [3.05, 3.63) is 85.0 Å². The van der Waals surface area contributed by atoms with Crippen LogP contribution in [0.4, 0.5) is 0 Å². The van der Waals surface area contributed by atoms with E-state index < -0.39 is 0 Å². The fourth-order valence-electron chi connectivity index (χ4n) is 3.57. The first-order valence-corrected chi connectivity index (χ1v) is 12.0. The van der Waals surface area contributed by atoms with Crippen LogP contribution in [0.1, 0.15) is 11.4 Å². The summed E-state index contributed by atoms with van der Waals surface area (Å²) in [6, 6.07) is 13.1. The molecule has 6 nitrogen and oxygen atoms in total. The lowest BCUT2D eigenvalue weighted by Gasteiger charge is -2.09. The minimum Gasteiger partial charge on any atom is -0.309 e. The van der Waals surface area contributed by atoms with Crippen molar-refractivity contribution in [2.75, 3.05) is 0 Å². The molecule has 32 heavy (non-hydrogen) atoms. The summed E-state index contributed by atoms with van der Waals surface area (Å²) in [4.78, 5) is 38.4. The molecule has 3 aromatic heterocycles. The van der Waals surface area contributed by atoms with Crippen LogP contribution in [-0.4, -0.2) is 19.5 Å². The molecule has 160 valence electrons. The van der Waals surface area contributed by atoms with Gasteiger partial charge < -0.3 is 4.98 Å². The number of nitrogens with zero attached hydrogens (tertiary/aromatic N) is 3. The number of thiophene rings is 1. The summed E-state index contributed by atoms with van der Waals surface area (Å²) in [6.45, 7) is 1.95. The van der Waals surface area contributed by atoms with E-state index in [1.54, 1.807) is 13.1 Å². The molecule has 5 aromatic rings. The van der Waals surface area contributed by atoms with Crippen LogP contribution in [0.2, 0.25) is 5.02 Å². The standard InChI is InChI=1S/C23H17ClN4O2S2/c1-12-7-8-17-14(9-12)22(30)28(2)23(25-17)32-11-18-26-20(29)19-15(10-31-21(19)27-18)13-5-3-4-6-16(13)24/h3-10H,11H2,1-2H3,(H,26,27,29). The largest absolute Gasteiger partial charge is 0.309 e. The van der Waals surface area contributed by atoms with Crippen LogP contribution in [0.5, 0.6) is 0 Å². The number of aromatic nitrogens is 4. The van der Waals surface area contributed by atoms with E-state index in [4.69, 9.17) is 11.6 Å². The number of thioether (sulfide) groups is 1. The van der Waals surface area contributed by atoms with Gasteiger partial charge in [-0.2, -0.15) is 0 Å². The second-order valence-corrected chi connectivity index (χ2v) is 9.60. The molecule has 5 rings (SSSR count). The van der Waals surface area contributed by atoms with Crippen LogP contribution in [0.3, 0.4) is 0 Å². The third kappa shape index (κ3) is 3.64. The van der Waals surface area contributed by atoms with Gasteiger partial charge in [0.2, 0.25) is 0 Å². The average Bonchev–Trinajstić information content (AvgIpc) is 3.20. The van der Waals surface area contributed by atoms with Crippen molar-refractivity contribution in [1.29, 1.82) is 0 Å². The van der Waals surface area contributed by atoms with Gasteiger partial charge in [0.1, 0.15) is 10.7 Å². The van der Waals surface area contributed by atoms with E-state index in [1.807, 2.05) is 48.7 Å². The fraction of sp³-hybridized carbons (Fsp3) is 0.130. The second kappa shape index (κ2) is 8.20. The van der Waals surface area contributed by atoms with Gasteiger partial charge in [-0.15, -0.1) is 11.3 Å². The van der Waals surface area contributed by atoms with Gasteiger partial charge in [0, 0.05) is 28.6 Å². The molecule has 0 radical (unpaired) electrons. The van der Waals surface area contributed by atoms with E-state index in [-0.39, 0.29) is 11.1 Å². The maximum atomic E-state index is 12.9. The van der Waals surface area contributed by atoms with Crippen LogP contribution in [0.25, 0.3) is 32.2 Å². The van der Waals surface area contributed by atoms with Gasteiger partial charge in [-0.1, -0.05) is 53.2 Å². The van der Waals surface area contributed by atoms with Gasteiger partial charge in [0.25, 0.3) is 11.1 Å². The molecular weight excluding hydrogens is 464 g/mol. The Morgan fingerprint density at radius 3 is 2.75 bits per heavy atom. The molecule has 0 saturated carbocycles. The number of rotatable bonds is 4. The zero-order chi connectivity index (χ0) is 22.4. The lowest BCUT2D eigenvalue weighted by Crippen LogP contribution is -2.20.